The van der Waals surface area contributed by atoms with E-state index in [1.54, 1.807) is 19.1 Å². The summed E-state index contributed by atoms with van der Waals surface area (Å²) in [4.78, 5) is 12.7. The molecule has 0 aliphatic rings. The normalized spacial score (nSPS) is 13.5. The Morgan fingerprint density at radius 1 is 1.00 bits per heavy atom. The molecule has 1 amide bonds. The zero-order valence-electron chi connectivity index (χ0n) is 17.0. The van der Waals surface area contributed by atoms with Gasteiger partial charge in [-0.3, -0.25) is 9.10 Å². The molecule has 7 heteroatoms. The fraction of sp³-hybridized carbons (Fsp3) is 0.381. The highest BCUT2D eigenvalue weighted by Gasteiger charge is 2.29. The van der Waals surface area contributed by atoms with Gasteiger partial charge < -0.3 is 10.1 Å². The molecule has 2 rings (SSSR count). The molecule has 0 fully saturated rings. The van der Waals surface area contributed by atoms with Gasteiger partial charge in [0.05, 0.1) is 18.0 Å². The molecule has 1 N–H and O–H groups in total. The van der Waals surface area contributed by atoms with Gasteiger partial charge in [-0.2, -0.15) is 0 Å². The molecule has 6 nitrogen and oxygen atoms in total. The summed E-state index contributed by atoms with van der Waals surface area (Å²) >= 11 is 0. The monoisotopic (exact) mass is 404 g/mol. The van der Waals surface area contributed by atoms with E-state index >= 15 is 0 Å². The smallest absolute Gasteiger partial charge is 0.243 e. The van der Waals surface area contributed by atoms with Crippen molar-refractivity contribution in [3.8, 4) is 5.75 Å². The van der Waals surface area contributed by atoms with Crippen molar-refractivity contribution in [1.82, 2.24) is 5.32 Å². The van der Waals surface area contributed by atoms with Gasteiger partial charge >= 0.3 is 0 Å². The number of rotatable bonds is 8. The van der Waals surface area contributed by atoms with Gasteiger partial charge in [0, 0.05) is 0 Å². The summed E-state index contributed by atoms with van der Waals surface area (Å²) in [6, 6.07) is 13.5. The lowest BCUT2D eigenvalue weighted by atomic mass is 10.2. The summed E-state index contributed by atoms with van der Waals surface area (Å²) in [5.74, 6) is 0.336. The number of benzene rings is 2. The van der Waals surface area contributed by atoms with Crippen LogP contribution in [0.1, 0.15) is 25.0 Å². The highest BCUT2D eigenvalue weighted by atomic mass is 32.2. The molecule has 0 radical (unpaired) electrons. The van der Waals surface area contributed by atoms with Crippen LogP contribution in [0.15, 0.2) is 48.5 Å². The number of hydrogen-bond donors (Lipinski definition) is 1. The molecule has 28 heavy (non-hydrogen) atoms. The van der Waals surface area contributed by atoms with E-state index < -0.39 is 16.1 Å². The van der Waals surface area contributed by atoms with Gasteiger partial charge in [0.25, 0.3) is 0 Å². The van der Waals surface area contributed by atoms with E-state index in [9.17, 15) is 13.2 Å². The lowest BCUT2D eigenvalue weighted by Gasteiger charge is -2.29. The minimum absolute atomic E-state index is 0.282. The summed E-state index contributed by atoms with van der Waals surface area (Å²) in [7, 11) is -3.63. The van der Waals surface area contributed by atoms with E-state index in [1.807, 2.05) is 57.2 Å². The van der Waals surface area contributed by atoms with Crippen molar-refractivity contribution < 1.29 is 17.9 Å². The van der Waals surface area contributed by atoms with Crippen molar-refractivity contribution >= 4 is 21.6 Å². The van der Waals surface area contributed by atoms with Crippen LogP contribution in [0.25, 0.3) is 0 Å². The Hall–Kier alpha value is -2.54. The quantitative estimate of drug-likeness (QED) is 0.734. The number of ether oxygens (including phenoxy) is 1. The van der Waals surface area contributed by atoms with Crippen LogP contribution >= 0.6 is 0 Å². The molecule has 0 bridgehead atoms. The predicted octanol–water partition coefficient (Wildman–Crippen LogP) is 3.04. The summed E-state index contributed by atoms with van der Waals surface area (Å²) in [6.45, 7) is 7.58. The highest BCUT2D eigenvalue weighted by molar-refractivity contribution is 7.92. The average Bonchev–Trinajstić information content (AvgIpc) is 2.62. The van der Waals surface area contributed by atoms with Gasteiger partial charge in [-0.05, 0) is 52.0 Å². The number of nitrogens with one attached hydrogen (secondary N) is 1. The Balaban J connectivity index is 2.03. The molecule has 2 atom stereocenters. The summed E-state index contributed by atoms with van der Waals surface area (Å²) in [5, 5.41) is 2.82. The van der Waals surface area contributed by atoms with E-state index in [0.717, 1.165) is 27.4 Å². The molecule has 0 saturated heterocycles. The molecule has 0 aliphatic heterocycles. The van der Waals surface area contributed by atoms with Crippen LogP contribution in [-0.4, -0.2) is 39.3 Å². The number of anilines is 1. The molecule has 0 unspecified atom stereocenters. The number of carbonyl (C=O) groups excluding carboxylic acids is 1. The number of carbonyl (C=O) groups is 1. The maximum absolute atomic E-state index is 12.7. The van der Waals surface area contributed by atoms with E-state index in [2.05, 4.69) is 5.32 Å². The number of amides is 1. The van der Waals surface area contributed by atoms with Crippen LogP contribution in [0.3, 0.4) is 0 Å². The van der Waals surface area contributed by atoms with Gasteiger partial charge in [0.15, 0.2) is 0 Å². The molecule has 2 aromatic rings. The van der Waals surface area contributed by atoms with Crippen molar-refractivity contribution in [2.24, 2.45) is 0 Å². The van der Waals surface area contributed by atoms with Crippen LogP contribution in [0.4, 0.5) is 5.69 Å². The van der Waals surface area contributed by atoms with Gasteiger partial charge in [-0.25, -0.2) is 8.42 Å². The van der Waals surface area contributed by atoms with Gasteiger partial charge in [-0.15, -0.1) is 0 Å². The fourth-order valence-electron chi connectivity index (χ4n) is 2.76. The Morgan fingerprint density at radius 2 is 1.50 bits per heavy atom. The van der Waals surface area contributed by atoms with Crippen molar-refractivity contribution in [3.63, 3.8) is 0 Å². The number of nitrogens with zero attached hydrogens (tertiary/aromatic N) is 1. The molecule has 0 aliphatic carbocycles. The molecule has 152 valence electrons. The van der Waals surface area contributed by atoms with Crippen molar-refractivity contribution in [2.75, 3.05) is 17.2 Å². The van der Waals surface area contributed by atoms with Crippen LogP contribution < -0.4 is 14.4 Å². The first-order valence-corrected chi connectivity index (χ1v) is 11.0. The SMILES string of the molecule is Cc1ccc(OC[C@H](C)NC(=O)[C@@H](C)N(c2ccc(C)cc2)S(C)(=O)=O)cc1. The molecule has 0 aromatic heterocycles. The third-order valence-corrected chi connectivity index (χ3v) is 5.53. The third kappa shape index (κ3) is 5.99. The first-order chi connectivity index (χ1) is 13.1. The zero-order valence-corrected chi connectivity index (χ0v) is 17.8. The lowest BCUT2D eigenvalue weighted by molar-refractivity contribution is -0.122. The molecule has 2 aromatic carbocycles. The first-order valence-electron chi connectivity index (χ1n) is 9.14. The van der Waals surface area contributed by atoms with Gasteiger partial charge in [-0.1, -0.05) is 35.4 Å². The van der Waals surface area contributed by atoms with Crippen LogP contribution in [-0.2, 0) is 14.8 Å². The topological polar surface area (TPSA) is 75.7 Å². The second-order valence-electron chi connectivity index (χ2n) is 7.10. The molecule has 0 spiro atoms. The van der Waals surface area contributed by atoms with Crippen molar-refractivity contribution in [2.45, 2.75) is 39.8 Å². The maximum atomic E-state index is 12.7. The van der Waals surface area contributed by atoms with Crippen molar-refractivity contribution in [3.05, 3.63) is 59.7 Å². The zero-order chi connectivity index (χ0) is 20.9. The Bertz CT molecular complexity index is 893. The second kappa shape index (κ2) is 9.10. The molecule has 0 saturated carbocycles. The standard InChI is InChI=1S/C21H28N2O4S/c1-15-6-10-19(11-7-15)23(28(5,25)26)18(4)21(24)22-17(3)14-27-20-12-8-16(2)9-13-20/h6-13,17-18H,14H2,1-5H3,(H,22,24)/t17-,18+/m0/s1. The second-order valence-corrected chi connectivity index (χ2v) is 8.96. The molecular weight excluding hydrogens is 376 g/mol. The molecular formula is C21H28N2O4S. The number of aryl methyl sites for hydroxylation is 2. The number of hydrogen-bond acceptors (Lipinski definition) is 4. The summed E-state index contributed by atoms with van der Waals surface area (Å²) in [5.41, 5.74) is 2.61. The van der Waals surface area contributed by atoms with E-state index in [-0.39, 0.29) is 18.6 Å². The average molecular weight is 405 g/mol. The number of sulfonamides is 1. The minimum atomic E-state index is -3.63. The lowest BCUT2D eigenvalue weighted by Crippen LogP contribution is -2.50. The van der Waals surface area contributed by atoms with E-state index in [1.165, 1.54) is 0 Å². The van der Waals surface area contributed by atoms with Gasteiger partial charge in [0.2, 0.25) is 15.9 Å². The van der Waals surface area contributed by atoms with E-state index in [4.69, 9.17) is 4.74 Å². The predicted molar refractivity (Wildman–Crippen MR) is 112 cm³/mol. The minimum Gasteiger partial charge on any atom is -0.491 e. The van der Waals surface area contributed by atoms with Crippen LogP contribution in [0.2, 0.25) is 0 Å². The fourth-order valence-corrected chi connectivity index (χ4v) is 3.94. The Morgan fingerprint density at radius 3 is 2.00 bits per heavy atom. The summed E-state index contributed by atoms with van der Waals surface area (Å²) < 4.78 is 31.4. The third-order valence-electron chi connectivity index (χ3n) is 4.29. The van der Waals surface area contributed by atoms with Crippen LogP contribution in [0.5, 0.6) is 5.75 Å². The molecule has 0 heterocycles. The van der Waals surface area contributed by atoms with E-state index in [0.29, 0.717) is 5.69 Å². The van der Waals surface area contributed by atoms with Crippen LogP contribution in [0, 0.1) is 13.8 Å². The van der Waals surface area contributed by atoms with Crippen molar-refractivity contribution in [1.29, 1.82) is 0 Å². The highest BCUT2D eigenvalue weighted by Crippen LogP contribution is 2.21. The Labute approximate surface area is 167 Å². The Kier molecular flexibility index (Phi) is 7.07. The van der Waals surface area contributed by atoms with Gasteiger partial charge in [0.1, 0.15) is 18.4 Å². The summed E-state index contributed by atoms with van der Waals surface area (Å²) in [6.07, 6.45) is 1.10. The first kappa shape index (κ1) is 21.8. The maximum Gasteiger partial charge on any atom is 0.243 e. The largest absolute Gasteiger partial charge is 0.491 e.